The molecule has 0 fully saturated rings. The van der Waals surface area contributed by atoms with Gasteiger partial charge in [0.1, 0.15) is 5.01 Å². The van der Waals surface area contributed by atoms with Crippen molar-refractivity contribution in [1.82, 2.24) is 10.2 Å². The lowest BCUT2D eigenvalue weighted by atomic mass is 10.1. The number of amides is 1. The summed E-state index contributed by atoms with van der Waals surface area (Å²) in [5.41, 5.74) is 3.85. The van der Waals surface area contributed by atoms with Crippen LogP contribution in [0.4, 0.5) is 10.8 Å². The SMILES string of the molecule is CCc1ccc(N(CCCC(=O)Nc2nnc(-c3ccc(C)cc3)s2)S(C)(=O)=O)cc1. The number of benzene rings is 2. The third-order valence-electron chi connectivity index (χ3n) is 4.77. The van der Waals surface area contributed by atoms with Gasteiger partial charge in [0.15, 0.2) is 0 Å². The molecule has 1 heterocycles. The maximum Gasteiger partial charge on any atom is 0.232 e. The van der Waals surface area contributed by atoms with Crippen molar-refractivity contribution in [2.45, 2.75) is 33.1 Å². The Kier molecular flexibility index (Phi) is 7.40. The van der Waals surface area contributed by atoms with Gasteiger partial charge in [-0.05, 0) is 37.5 Å². The quantitative estimate of drug-likeness (QED) is 0.517. The first-order chi connectivity index (χ1) is 14.8. The van der Waals surface area contributed by atoms with Gasteiger partial charge in [0.25, 0.3) is 0 Å². The molecule has 9 heteroatoms. The second-order valence-corrected chi connectivity index (χ2v) is 10.2. The Morgan fingerprint density at radius 2 is 1.74 bits per heavy atom. The lowest BCUT2D eigenvalue weighted by molar-refractivity contribution is -0.116. The predicted molar refractivity (Wildman–Crippen MR) is 126 cm³/mol. The fraction of sp³-hybridized carbons (Fsp3) is 0.318. The Balaban J connectivity index is 1.56. The predicted octanol–water partition coefficient (Wildman–Crippen LogP) is 4.26. The van der Waals surface area contributed by atoms with Gasteiger partial charge in [-0.3, -0.25) is 9.10 Å². The van der Waals surface area contributed by atoms with Crippen molar-refractivity contribution >= 4 is 38.1 Å². The largest absolute Gasteiger partial charge is 0.301 e. The van der Waals surface area contributed by atoms with Gasteiger partial charge >= 0.3 is 0 Å². The zero-order valence-electron chi connectivity index (χ0n) is 17.8. The Labute approximate surface area is 187 Å². The van der Waals surface area contributed by atoms with Crippen LogP contribution in [0.5, 0.6) is 0 Å². The third-order valence-corrected chi connectivity index (χ3v) is 6.85. The average molecular weight is 459 g/mol. The summed E-state index contributed by atoms with van der Waals surface area (Å²) in [6.07, 6.45) is 2.63. The minimum atomic E-state index is -3.44. The average Bonchev–Trinajstić information content (AvgIpc) is 3.19. The molecule has 0 aliphatic carbocycles. The van der Waals surface area contributed by atoms with E-state index in [1.807, 2.05) is 50.2 Å². The summed E-state index contributed by atoms with van der Waals surface area (Å²) in [6.45, 7) is 4.28. The number of aromatic nitrogens is 2. The van der Waals surface area contributed by atoms with Gasteiger partial charge < -0.3 is 5.32 Å². The van der Waals surface area contributed by atoms with E-state index in [2.05, 4.69) is 15.5 Å². The number of nitrogens with zero attached hydrogens (tertiary/aromatic N) is 3. The number of hydrogen-bond donors (Lipinski definition) is 1. The molecule has 164 valence electrons. The lowest BCUT2D eigenvalue weighted by Gasteiger charge is -2.22. The minimum Gasteiger partial charge on any atom is -0.301 e. The molecular formula is C22H26N4O3S2. The molecule has 0 spiro atoms. The molecule has 1 amide bonds. The summed E-state index contributed by atoms with van der Waals surface area (Å²) in [5, 5.41) is 12.1. The monoisotopic (exact) mass is 458 g/mol. The fourth-order valence-corrected chi connectivity index (χ4v) is 4.77. The number of nitrogens with one attached hydrogen (secondary N) is 1. The number of anilines is 2. The zero-order chi connectivity index (χ0) is 22.4. The Morgan fingerprint density at radius 3 is 2.35 bits per heavy atom. The molecule has 0 radical (unpaired) electrons. The molecule has 2 aromatic carbocycles. The van der Waals surface area contributed by atoms with Crippen LogP contribution in [0.1, 0.15) is 30.9 Å². The van der Waals surface area contributed by atoms with Gasteiger partial charge in [-0.1, -0.05) is 60.2 Å². The van der Waals surface area contributed by atoms with Crippen molar-refractivity contribution in [2.24, 2.45) is 0 Å². The standard InChI is InChI=1S/C22H26N4O3S2/c1-4-17-9-13-19(14-10-17)26(31(3,28)29)15-5-6-20(27)23-22-25-24-21(30-22)18-11-7-16(2)8-12-18/h7-14H,4-6,15H2,1-3H3,(H,23,25,27). The second-order valence-electron chi connectivity index (χ2n) is 7.29. The van der Waals surface area contributed by atoms with E-state index < -0.39 is 10.0 Å². The lowest BCUT2D eigenvalue weighted by Crippen LogP contribution is -2.31. The highest BCUT2D eigenvalue weighted by molar-refractivity contribution is 7.92. The topological polar surface area (TPSA) is 92.3 Å². The summed E-state index contributed by atoms with van der Waals surface area (Å²) in [7, 11) is -3.44. The van der Waals surface area contributed by atoms with E-state index in [4.69, 9.17) is 0 Å². The second kappa shape index (κ2) is 10.0. The molecule has 0 unspecified atom stereocenters. The number of hydrogen-bond acceptors (Lipinski definition) is 6. The number of carbonyl (C=O) groups is 1. The van der Waals surface area contributed by atoms with Crippen LogP contribution in [-0.4, -0.2) is 37.3 Å². The van der Waals surface area contributed by atoms with E-state index in [9.17, 15) is 13.2 Å². The third kappa shape index (κ3) is 6.35. The van der Waals surface area contributed by atoms with Crippen molar-refractivity contribution < 1.29 is 13.2 Å². The van der Waals surface area contributed by atoms with Gasteiger partial charge in [0.05, 0.1) is 11.9 Å². The van der Waals surface area contributed by atoms with Crippen LogP contribution in [0.25, 0.3) is 10.6 Å². The molecule has 3 rings (SSSR count). The van der Waals surface area contributed by atoms with E-state index in [1.54, 1.807) is 12.1 Å². The number of aryl methyl sites for hydroxylation is 2. The van der Waals surface area contributed by atoms with Crippen molar-refractivity contribution in [3.63, 3.8) is 0 Å². The summed E-state index contributed by atoms with van der Waals surface area (Å²) in [5.74, 6) is -0.221. The molecular weight excluding hydrogens is 432 g/mol. The molecule has 0 aliphatic heterocycles. The van der Waals surface area contributed by atoms with Crippen LogP contribution < -0.4 is 9.62 Å². The molecule has 0 saturated carbocycles. The summed E-state index contributed by atoms with van der Waals surface area (Å²) >= 11 is 1.30. The van der Waals surface area contributed by atoms with Crippen LogP contribution in [-0.2, 0) is 21.2 Å². The van der Waals surface area contributed by atoms with Gasteiger partial charge in [-0.15, -0.1) is 10.2 Å². The van der Waals surface area contributed by atoms with Gasteiger partial charge in [-0.25, -0.2) is 8.42 Å². The van der Waals surface area contributed by atoms with Crippen LogP contribution in [0.15, 0.2) is 48.5 Å². The smallest absolute Gasteiger partial charge is 0.232 e. The summed E-state index contributed by atoms with van der Waals surface area (Å²) < 4.78 is 25.8. The van der Waals surface area contributed by atoms with E-state index in [0.717, 1.165) is 28.1 Å². The minimum absolute atomic E-state index is 0.179. The highest BCUT2D eigenvalue weighted by atomic mass is 32.2. The van der Waals surface area contributed by atoms with Crippen LogP contribution in [0.2, 0.25) is 0 Å². The molecule has 1 N–H and O–H groups in total. The maximum absolute atomic E-state index is 12.3. The molecule has 0 atom stereocenters. The summed E-state index contributed by atoms with van der Waals surface area (Å²) in [6, 6.07) is 15.4. The summed E-state index contributed by atoms with van der Waals surface area (Å²) in [4.78, 5) is 12.3. The number of sulfonamides is 1. The Morgan fingerprint density at radius 1 is 1.06 bits per heavy atom. The van der Waals surface area contributed by atoms with Crippen molar-refractivity contribution in [1.29, 1.82) is 0 Å². The first kappa shape index (κ1) is 22.9. The first-order valence-electron chi connectivity index (χ1n) is 10.0. The zero-order valence-corrected chi connectivity index (χ0v) is 19.5. The fourth-order valence-electron chi connectivity index (χ4n) is 3.04. The molecule has 1 aromatic heterocycles. The Hall–Kier alpha value is -2.78. The van der Waals surface area contributed by atoms with Gasteiger partial charge in [0, 0.05) is 18.5 Å². The maximum atomic E-state index is 12.3. The first-order valence-corrected chi connectivity index (χ1v) is 12.7. The molecule has 0 saturated heterocycles. The van der Waals surface area contributed by atoms with E-state index >= 15 is 0 Å². The number of rotatable bonds is 9. The normalized spacial score (nSPS) is 11.3. The molecule has 31 heavy (non-hydrogen) atoms. The van der Waals surface area contributed by atoms with Crippen LogP contribution >= 0.6 is 11.3 Å². The van der Waals surface area contributed by atoms with E-state index in [1.165, 1.54) is 21.9 Å². The highest BCUT2D eigenvalue weighted by Gasteiger charge is 2.18. The highest BCUT2D eigenvalue weighted by Crippen LogP contribution is 2.26. The van der Waals surface area contributed by atoms with Crippen LogP contribution in [0, 0.1) is 6.92 Å². The van der Waals surface area contributed by atoms with Crippen molar-refractivity contribution in [2.75, 3.05) is 22.4 Å². The molecule has 0 bridgehead atoms. The Bertz CT molecular complexity index is 1120. The van der Waals surface area contributed by atoms with Crippen molar-refractivity contribution in [3.05, 3.63) is 59.7 Å². The number of carbonyl (C=O) groups excluding carboxylic acids is 1. The van der Waals surface area contributed by atoms with E-state index in [0.29, 0.717) is 17.2 Å². The molecule has 3 aromatic rings. The molecule has 0 aliphatic rings. The van der Waals surface area contributed by atoms with E-state index in [-0.39, 0.29) is 18.9 Å². The van der Waals surface area contributed by atoms with Gasteiger partial charge in [-0.2, -0.15) is 0 Å². The molecule has 7 nitrogen and oxygen atoms in total. The van der Waals surface area contributed by atoms with Crippen LogP contribution in [0.3, 0.4) is 0 Å². The van der Waals surface area contributed by atoms with Gasteiger partial charge in [0.2, 0.25) is 21.1 Å². The van der Waals surface area contributed by atoms with Crippen molar-refractivity contribution in [3.8, 4) is 10.6 Å².